The number of nitrogens with one attached hydrogen (secondary N) is 1. The van der Waals surface area contributed by atoms with Crippen LogP contribution >= 0.6 is 11.8 Å². The van der Waals surface area contributed by atoms with Crippen molar-refractivity contribution in [3.8, 4) is 0 Å². The number of ketones is 1. The smallest absolute Gasteiger partial charge is 0.209 e. The van der Waals surface area contributed by atoms with Gasteiger partial charge in [0.05, 0.1) is 5.25 Å². The highest BCUT2D eigenvalue weighted by atomic mass is 32.2. The van der Waals surface area contributed by atoms with Crippen molar-refractivity contribution in [3.63, 3.8) is 0 Å². The third kappa shape index (κ3) is 3.66. The first kappa shape index (κ1) is 15.6. The van der Waals surface area contributed by atoms with E-state index < -0.39 is 16.9 Å². The van der Waals surface area contributed by atoms with Crippen molar-refractivity contribution in [3.05, 3.63) is 41.2 Å². The summed E-state index contributed by atoms with van der Waals surface area (Å²) in [6.45, 7) is 5.63. The Bertz CT molecular complexity index is 657. The molecule has 1 aromatic heterocycles. The van der Waals surface area contributed by atoms with Gasteiger partial charge in [0.15, 0.2) is 17.4 Å². The molecule has 1 heterocycles. The van der Waals surface area contributed by atoms with Crippen LogP contribution in [0, 0.1) is 11.6 Å². The Kier molecular flexibility index (Phi) is 4.72. The minimum atomic E-state index is -1.03. The summed E-state index contributed by atoms with van der Waals surface area (Å²) in [7, 11) is 0. The Morgan fingerprint density at radius 3 is 2.52 bits per heavy atom. The molecule has 7 heteroatoms. The van der Waals surface area contributed by atoms with E-state index in [0.29, 0.717) is 5.16 Å². The first-order chi connectivity index (χ1) is 9.88. The number of H-pyrrole nitrogens is 1. The Morgan fingerprint density at radius 2 is 1.95 bits per heavy atom. The molecule has 0 saturated carbocycles. The number of Topliss-reactive ketones (excluding diaryl/α,β-unsaturated/α-hetero) is 1. The molecule has 112 valence electrons. The standard InChI is InChI=1S/C14H15F2N3OS/c1-7(2)13-17-14(19-18-13)21-8(3)12(20)9-4-5-10(15)11(16)6-9/h4-8H,1-3H3,(H,17,18,19)/t8-/m1/s1. The van der Waals surface area contributed by atoms with E-state index in [4.69, 9.17) is 0 Å². The molecule has 1 N–H and O–H groups in total. The summed E-state index contributed by atoms with van der Waals surface area (Å²) in [5.74, 6) is -1.34. The number of halogens is 2. The van der Waals surface area contributed by atoms with Crippen molar-refractivity contribution < 1.29 is 13.6 Å². The van der Waals surface area contributed by atoms with Crippen molar-refractivity contribution in [2.45, 2.75) is 37.1 Å². The van der Waals surface area contributed by atoms with Crippen LogP contribution in [0.4, 0.5) is 8.78 Å². The summed E-state index contributed by atoms with van der Waals surface area (Å²) < 4.78 is 26.0. The zero-order valence-corrected chi connectivity index (χ0v) is 12.7. The van der Waals surface area contributed by atoms with Crippen LogP contribution in [0.3, 0.4) is 0 Å². The van der Waals surface area contributed by atoms with Crippen molar-refractivity contribution in [1.29, 1.82) is 0 Å². The highest BCUT2D eigenvalue weighted by molar-refractivity contribution is 8.00. The molecule has 0 fully saturated rings. The summed E-state index contributed by atoms with van der Waals surface area (Å²) in [5.41, 5.74) is 0.133. The zero-order valence-electron chi connectivity index (χ0n) is 11.9. The van der Waals surface area contributed by atoms with E-state index in [2.05, 4.69) is 15.2 Å². The average Bonchev–Trinajstić information content (AvgIpc) is 2.89. The van der Waals surface area contributed by atoms with Crippen LogP contribution in [-0.4, -0.2) is 26.2 Å². The summed E-state index contributed by atoms with van der Waals surface area (Å²) in [5, 5.41) is 6.79. The van der Waals surface area contributed by atoms with Gasteiger partial charge >= 0.3 is 0 Å². The fourth-order valence-corrected chi connectivity index (χ4v) is 2.47. The van der Waals surface area contributed by atoms with Gasteiger partial charge in [-0.05, 0) is 25.1 Å². The molecule has 2 rings (SSSR count). The molecule has 0 aliphatic heterocycles. The van der Waals surface area contributed by atoms with E-state index in [1.54, 1.807) is 6.92 Å². The maximum atomic E-state index is 13.2. The average molecular weight is 311 g/mol. The predicted molar refractivity (Wildman–Crippen MR) is 76.5 cm³/mol. The lowest BCUT2D eigenvalue weighted by atomic mass is 10.1. The monoisotopic (exact) mass is 311 g/mol. The molecule has 2 aromatic rings. The molecule has 0 spiro atoms. The summed E-state index contributed by atoms with van der Waals surface area (Å²) >= 11 is 1.18. The summed E-state index contributed by atoms with van der Waals surface area (Å²) in [4.78, 5) is 16.4. The molecule has 1 aromatic carbocycles. The van der Waals surface area contributed by atoms with Crippen LogP contribution in [-0.2, 0) is 0 Å². The SMILES string of the molecule is CC(C)c1nc(S[C@H](C)C(=O)c2ccc(F)c(F)c2)n[nH]1. The zero-order chi connectivity index (χ0) is 15.6. The van der Waals surface area contributed by atoms with Gasteiger partial charge in [0.2, 0.25) is 5.16 Å². The molecule has 0 radical (unpaired) electrons. The van der Waals surface area contributed by atoms with Crippen LogP contribution in [0.25, 0.3) is 0 Å². The Labute approximate surface area is 125 Å². The molecular weight excluding hydrogens is 296 g/mol. The van der Waals surface area contributed by atoms with Gasteiger partial charge in [-0.2, -0.15) is 0 Å². The molecule has 1 atom stereocenters. The minimum Gasteiger partial charge on any atom is -0.293 e. The number of carbonyl (C=O) groups excluding carboxylic acids is 1. The third-order valence-corrected chi connectivity index (χ3v) is 3.85. The second-order valence-electron chi connectivity index (χ2n) is 4.91. The van der Waals surface area contributed by atoms with E-state index in [9.17, 15) is 13.6 Å². The largest absolute Gasteiger partial charge is 0.293 e. The first-order valence-corrected chi connectivity index (χ1v) is 7.34. The lowest BCUT2D eigenvalue weighted by Gasteiger charge is -2.08. The number of thioether (sulfide) groups is 1. The molecule has 0 unspecified atom stereocenters. The van der Waals surface area contributed by atoms with Gasteiger partial charge in [0, 0.05) is 11.5 Å². The number of carbonyl (C=O) groups is 1. The quantitative estimate of drug-likeness (QED) is 0.677. The molecule has 0 saturated heterocycles. The lowest BCUT2D eigenvalue weighted by molar-refractivity contribution is 0.0993. The van der Waals surface area contributed by atoms with Gasteiger partial charge < -0.3 is 0 Å². The van der Waals surface area contributed by atoms with Gasteiger partial charge in [-0.15, -0.1) is 5.10 Å². The summed E-state index contributed by atoms with van der Waals surface area (Å²) in [6, 6.07) is 3.13. The Hall–Kier alpha value is -1.76. The van der Waals surface area contributed by atoms with Gasteiger partial charge in [0.25, 0.3) is 0 Å². The van der Waals surface area contributed by atoms with E-state index in [1.165, 1.54) is 17.8 Å². The van der Waals surface area contributed by atoms with E-state index in [0.717, 1.165) is 18.0 Å². The third-order valence-electron chi connectivity index (χ3n) is 2.88. The normalized spacial score (nSPS) is 12.7. The highest BCUT2D eigenvalue weighted by Gasteiger charge is 2.20. The predicted octanol–water partition coefficient (Wildman–Crippen LogP) is 3.57. The van der Waals surface area contributed by atoms with Crippen molar-refractivity contribution in [2.75, 3.05) is 0 Å². The Balaban J connectivity index is 2.09. The van der Waals surface area contributed by atoms with Crippen LogP contribution in [0.2, 0.25) is 0 Å². The van der Waals surface area contributed by atoms with Crippen LogP contribution in [0.5, 0.6) is 0 Å². The summed E-state index contributed by atoms with van der Waals surface area (Å²) in [6.07, 6.45) is 0. The topological polar surface area (TPSA) is 58.6 Å². The number of hydrogen-bond acceptors (Lipinski definition) is 4. The van der Waals surface area contributed by atoms with Crippen molar-refractivity contribution in [2.24, 2.45) is 0 Å². The van der Waals surface area contributed by atoms with Crippen LogP contribution in [0.1, 0.15) is 42.9 Å². The van der Waals surface area contributed by atoms with Crippen LogP contribution < -0.4 is 0 Å². The number of rotatable bonds is 5. The molecule has 0 amide bonds. The van der Waals surface area contributed by atoms with E-state index in [-0.39, 0.29) is 17.3 Å². The minimum absolute atomic E-state index is 0.133. The molecular formula is C14H15F2N3OS. The second kappa shape index (κ2) is 6.34. The number of aromatic nitrogens is 3. The number of nitrogens with zero attached hydrogens (tertiary/aromatic N) is 2. The maximum Gasteiger partial charge on any atom is 0.209 e. The number of hydrogen-bond donors (Lipinski definition) is 1. The van der Waals surface area contributed by atoms with Gasteiger partial charge in [-0.1, -0.05) is 25.6 Å². The lowest BCUT2D eigenvalue weighted by Crippen LogP contribution is -2.14. The number of aromatic amines is 1. The fraction of sp³-hybridized carbons (Fsp3) is 0.357. The first-order valence-electron chi connectivity index (χ1n) is 6.46. The second-order valence-corrected chi connectivity index (χ2v) is 6.22. The van der Waals surface area contributed by atoms with Gasteiger partial charge in [-0.3, -0.25) is 9.89 Å². The fourth-order valence-electron chi connectivity index (χ4n) is 1.66. The van der Waals surface area contributed by atoms with Gasteiger partial charge in [-0.25, -0.2) is 13.8 Å². The van der Waals surface area contributed by atoms with Crippen molar-refractivity contribution in [1.82, 2.24) is 15.2 Å². The number of benzene rings is 1. The highest BCUT2D eigenvalue weighted by Crippen LogP contribution is 2.24. The van der Waals surface area contributed by atoms with Crippen LogP contribution in [0.15, 0.2) is 23.4 Å². The van der Waals surface area contributed by atoms with E-state index in [1.807, 2.05) is 13.8 Å². The molecule has 0 aliphatic rings. The van der Waals surface area contributed by atoms with Gasteiger partial charge in [0.1, 0.15) is 5.82 Å². The molecule has 21 heavy (non-hydrogen) atoms. The van der Waals surface area contributed by atoms with E-state index >= 15 is 0 Å². The molecule has 0 bridgehead atoms. The molecule has 0 aliphatic carbocycles. The Morgan fingerprint density at radius 1 is 1.24 bits per heavy atom. The maximum absolute atomic E-state index is 13.2. The molecule has 4 nitrogen and oxygen atoms in total. The van der Waals surface area contributed by atoms with Crippen molar-refractivity contribution >= 4 is 17.5 Å².